The fraction of sp³-hybridized carbons (Fsp3) is 0.818. The van der Waals surface area contributed by atoms with Gasteiger partial charge in [0.1, 0.15) is 0 Å². The molecule has 1 saturated carbocycles. The molecule has 1 aliphatic carbocycles. The highest BCUT2D eigenvalue weighted by Gasteiger charge is 2.50. The zero-order valence-electron chi connectivity index (χ0n) is 9.61. The van der Waals surface area contributed by atoms with E-state index in [1.54, 1.807) is 0 Å². The van der Waals surface area contributed by atoms with Crippen LogP contribution >= 0.6 is 0 Å². The summed E-state index contributed by atoms with van der Waals surface area (Å²) in [6, 6.07) is -0.561. The van der Waals surface area contributed by atoms with Gasteiger partial charge in [0.2, 0.25) is 0 Å². The number of halogens is 3. The third kappa shape index (κ3) is 2.59. The lowest BCUT2D eigenvalue weighted by Crippen LogP contribution is -2.52. The number of piperidine rings is 1. The molecule has 0 aromatic rings. The zero-order valence-corrected chi connectivity index (χ0v) is 9.61. The second-order valence-electron chi connectivity index (χ2n) is 4.96. The number of rotatable bonds is 2. The number of carbonyl (C=O) groups is 2. The standard InChI is InChI=1S/C11H14F3NO3/c12-11(13,14)10(18)15-4-3-7(9(16)17)5-8(15)6-1-2-6/h6-8H,1-5H2,(H,16,17). The van der Waals surface area contributed by atoms with Crippen molar-refractivity contribution in [3.8, 4) is 0 Å². The molecule has 0 radical (unpaired) electrons. The zero-order chi connectivity index (χ0) is 13.5. The fourth-order valence-electron chi connectivity index (χ4n) is 2.56. The number of hydrogen-bond acceptors (Lipinski definition) is 2. The van der Waals surface area contributed by atoms with Crippen LogP contribution in [-0.2, 0) is 9.59 Å². The molecule has 2 unspecified atom stereocenters. The van der Waals surface area contributed by atoms with Gasteiger partial charge in [0, 0.05) is 12.6 Å². The summed E-state index contributed by atoms with van der Waals surface area (Å²) in [6.07, 6.45) is -3.08. The van der Waals surface area contributed by atoms with E-state index in [1.807, 2.05) is 0 Å². The highest BCUT2D eigenvalue weighted by molar-refractivity contribution is 5.82. The smallest absolute Gasteiger partial charge is 0.471 e. The minimum absolute atomic E-state index is 0.0402. The normalized spacial score (nSPS) is 29.2. The molecule has 0 bridgehead atoms. The summed E-state index contributed by atoms with van der Waals surface area (Å²) in [7, 11) is 0. The first kappa shape index (κ1) is 13.2. The molecule has 0 aromatic heterocycles. The van der Waals surface area contributed by atoms with E-state index in [-0.39, 0.29) is 25.3 Å². The van der Waals surface area contributed by atoms with Crippen molar-refractivity contribution >= 4 is 11.9 Å². The van der Waals surface area contributed by atoms with Gasteiger partial charge in [-0.1, -0.05) is 0 Å². The number of likely N-dealkylation sites (tertiary alicyclic amines) is 1. The first-order valence-electron chi connectivity index (χ1n) is 5.91. The van der Waals surface area contributed by atoms with Crippen molar-refractivity contribution in [3.05, 3.63) is 0 Å². The summed E-state index contributed by atoms with van der Waals surface area (Å²) in [5.41, 5.74) is 0. The van der Waals surface area contributed by atoms with Crippen LogP contribution in [0.15, 0.2) is 0 Å². The molecular weight excluding hydrogens is 251 g/mol. The van der Waals surface area contributed by atoms with Gasteiger partial charge in [-0.25, -0.2) is 0 Å². The van der Waals surface area contributed by atoms with E-state index in [0.29, 0.717) is 0 Å². The number of nitrogens with zero attached hydrogens (tertiary/aromatic N) is 1. The van der Waals surface area contributed by atoms with Crippen LogP contribution in [-0.4, -0.2) is 40.6 Å². The summed E-state index contributed by atoms with van der Waals surface area (Å²) >= 11 is 0. The van der Waals surface area contributed by atoms with Crippen molar-refractivity contribution in [2.45, 2.75) is 37.9 Å². The molecule has 2 aliphatic rings. The van der Waals surface area contributed by atoms with Crippen LogP contribution in [0.3, 0.4) is 0 Å². The van der Waals surface area contributed by atoms with Crippen LogP contribution in [0, 0.1) is 11.8 Å². The minimum Gasteiger partial charge on any atom is -0.481 e. The molecule has 4 nitrogen and oxygen atoms in total. The summed E-state index contributed by atoms with van der Waals surface area (Å²) in [5, 5.41) is 8.92. The van der Waals surface area contributed by atoms with Crippen molar-refractivity contribution < 1.29 is 27.9 Å². The lowest BCUT2D eigenvalue weighted by molar-refractivity contribution is -0.190. The van der Waals surface area contributed by atoms with Crippen LogP contribution in [0.5, 0.6) is 0 Å². The summed E-state index contributed by atoms with van der Waals surface area (Å²) in [6.45, 7) is -0.115. The summed E-state index contributed by atoms with van der Waals surface area (Å²) < 4.78 is 37.3. The molecule has 18 heavy (non-hydrogen) atoms. The summed E-state index contributed by atoms with van der Waals surface area (Å²) in [5.74, 6) is -3.41. The number of aliphatic carboxylic acids is 1. The molecule has 1 amide bonds. The molecule has 7 heteroatoms. The third-order valence-electron chi connectivity index (χ3n) is 3.66. The lowest BCUT2D eigenvalue weighted by atomic mass is 9.88. The van der Waals surface area contributed by atoms with Crippen LogP contribution < -0.4 is 0 Å². The molecule has 0 aromatic carbocycles. The van der Waals surface area contributed by atoms with Gasteiger partial charge in [-0.2, -0.15) is 13.2 Å². The molecule has 1 N–H and O–H groups in total. The lowest BCUT2D eigenvalue weighted by Gasteiger charge is -2.38. The van der Waals surface area contributed by atoms with Crippen molar-refractivity contribution in [1.82, 2.24) is 4.90 Å². The molecular formula is C11H14F3NO3. The van der Waals surface area contributed by atoms with E-state index in [4.69, 9.17) is 5.11 Å². The maximum Gasteiger partial charge on any atom is 0.471 e. The molecule has 1 heterocycles. The first-order chi connectivity index (χ1) is 8.30. The van der Waals surface area contributed by atoms with Crippen LogP contribution in [0.1, 0.15) is 25.7 Å². The Balaban J connectivity index is 2.11. The highest BCUT2D eigenvalue weighted by Crippen LogP contribution is 2.42. The molecule has 102 valence electrons. The maximum atomic E-state index is 12.4. The molecule has 1 saturated heterocycles. The van der Waals surface area contributed by atoms with Crippen molar-refractivity contribution in [2.75, 3.05) is 6.54 Å². The SMILES string of the molecule is O=C(O)C1CCN(C(=O)C(F)(F)F)C(C2CC2)C1. The summed E-state index contributed by atoms with van der Waals surface area (Å²) in [4.78, 5) is 23.0. The molecule has 2 rings (SSSR count). The van der Waals surface area contributed by atoms with Gasteiger partial charge < -0.3 is 10.0 Å². The molecule has 2 fully saturated rings. The van der Waals surface area contributed by atoms with Crippen LogP contribution in [0.4, 0.5) is 13.2 Å². The van der Waals surface area contributed by atoms with E-state index in [9.17, 15) is 22.8 Å². The number of carboxylic acids is 1. The Labute approximate surface area is 102 Å². The Morgan fingerprint density at radius 1 is 1.17 bits per heavy atom. The van der Waals surface area contributed by atoms with Gasteiger partial charge in [-0.3, -0.25) is 9.59 Å². The monoisotopic (exact) mass is 265 g/mol. The quantitative estimate of drug-likeness (QED) is 0.826. The van der Waals surface area contributed by atoms with Gasteiger partial charge in [0.15, 0.2) is 0 Å². The number of amides is 1. The van der Waals surface area contributed by atoms with E-state index >= 15 is 0 Å². The van der Waals surface area contributed by atoms with E-state index in [0.717, 1.165) is 17.7 Å². The topological polar surface area (TPSA) is 57.6 Å². The average molecular weight is 265 g/mol. The van der Waals surface area contributed by atoms with E-state index < -0.39 is 30.0 Å². The number of hydrogen-bond donors (Lipinski definition) is 1. The van der Waals surface area contributed by atoms with Crippen LogP contribution in [0.25, 0.3) is 0 Å². The van der Waals surface area contributed by atoms with Crippen molar-refractivity contribution in [2.24, 2.45) is 11.8 Å². The van der Waals surface area contributed by atoms with E-state index in [2.05, 4.69) is 0 Å². The Morgan fingerprint density at radius 2 is 1.78 bits per heavy atom. The van der Waals surface area contributed by atoms with Crippen LogP contribution in [0.2, 0.25) is 0 Å². The van der Waals surface area contributed by atoms with Crippen molar-refractivity contribution in [1.29, 1.82) is 0 Å². The van der Waals surface area contributed by atoms with Crippen molar-refractivity contribution in [3.63, 3.8) is 0 Å². The molecule has 1 aliphatic heterocycles. The molecule has 2 atom stereocenters. The Bertz CT molecular complexity index is 365. The first-order valence-corrected chi connectivity index (χ1v) is 5.91. The van der Waals surface area contributed by atoms with Gasteiger partial charge in [-0.05, 0) is 31.6 Å². The predicted octanol–water partition coefficient (Wildman–Crippen LogP) is 1.65. The second-order valence-corrected chi connectivity index (χ2v) is 4.96. The Morgan fingerprint density at radius 3 is 2.22 bits per heavy atom. The molecule has 0 spiro atoms. The maximum absolute atomic E-state index is 12.4. The van der Waals surface area contributed by atoms with Gasteiger partial charge in [0.05, 0.1) is 5.92 Å². The fourth-order valence-corrected chi connectivity index (χ4v) is 2.56. The minimum atomic E-state index is -4.87. The van der Waals surface area contributed by atoms with E-state index in [1.165, 1.54) is 0 Å². The average Bonchev–Trinajstić information content (AvgIpc) is 3.09. The Kier molecular flexibility index (Phi) is 3.25. The number of alkyl halides is 3. The van der Waals surface area contributed by atoms with Gasteiger partial charge in [0.25, 0.3) is 0 Å². The third-order valence-corrected chi connectivity index (χ3v) is 3.66. The largest absolute Gasteiger partial charge is 0.481 e. The highest BCUT2D eigenvalue weighted by atomic mass is 19.4. The Hall–Kier alpha value is -1.27. The number of carboxylic acid groups (broad SMARTS) is 1. The van der Waals surface area contributed by atoms with Gasteiger partial charge in [-0.15, -0.1) is 0 Å². The van der Waals surface area contributed by atoms with Gasteiger partial charge >= 0.3 is 18.1 Å². The number of carbonyl (C=O) groups excluding carboxylic acids is 1. The second kappa shape index (κ2) is 4.44. The predicted molar refractivity (Wildman–Crippen MR) is 54.6 cm³/mol.